The van der Waals surface area contributed by atoms with E-state index < -0.39 is 12.0 Å². The summed E-state index contributed by atoms with van der Waals surface area (Å²) in [5.74, 6) is -0.435. The van der Waals surface area contributed by atoms with Crippen LogP contribution in [0.3, 0.4) is 0 Å². The maximum atomic E-state index is 12.1. The van der Waals surface area contributed by atoms with Crippen molar-refractivity contribution in [3.05, 3.63) is 41.1 Å². The molecule has 1 aliphatic carbocycles. The van der Waals surface area contributed by atoms with Crippen LogP contribution in [0, 0.1) is 0 Å². The van der Waals surface area contributed by atoms with Gasteiger partial charge in [0.15, 0.2) is 0 Å². The molecule has 0 saturated heterocycles. The quantitative estimate of drug-likeness (QED) is 0.799. The molecule has 0 aromatic heterocycles. The molecule has 0 bridgehead atoms. The van der Waals surface area contributed by atoms with Crippen molar-refractivity contribution in [2.75, 3.05) is 7.11 Å². The van der Waals surface area contributed by atoms with E-state index >= 15 is 0 Å². The van der Waals surface area contributed by atoms with Gasteiger partial charge in [-0.3, -0.25) is 0 Å². The molecule has 0 radical (unpaired) electrons. The third kappa shape index (κ3) is 4.18. The zero-order valence-corrected chi connectivity index (χ0v) is 15.4. The summed E-state index contributed by atoms with van der Waals surface area (Å²) in [5, 5.41) is 6.15. The maximum Gasteiger partial charge on any atom is 0.337 e. The molecule has 134 valence electrons. The second kappa shape index (κ2) is 7.95. The third-order valence-corrected chi connectivity index (χ3v) is 6.09. The highest BCUT2D eigenvalue weighted by molar-refractivity contribution is 8.00. The standard InChI is InChI=1S/C19H24N2O3S/c1-12-16(18(22)24-2)17(21-19(23)20-12)13-8-10-15(11-9-13)25-14-6-4-3-5-7-14/h8-11,14,17H,3-7H2,1-2H3,(H2,20,21,23). The predicted octanol–water partition coefficient (Wildman–Crippen LogP) is 3.91. The minimum atomic E-state index is -0.491. The number of methoxy groups -OCH3 is 1. The Morgan fingerprint density at radius 2 is 1.84 bits per heavy atom. The van der Waals surface area contributed by atoms with Crippen molar-refractivity contribution in [3.63, 3.8) is 0 Å². The summed E-state index contributed by atoms with van der Waals surface area (Å²) in [7, 11) is 1.35. The van der Waals surface area contributed by atoms with E-state index in [0.717, 1.165) is 5.56 Å². The van der Waals surface area contributed by atoms with E-state index in [0.29, 0.717) is 16.5 Å². The van der Waals surface area contributed by atoms with Crippen molar-refractivity contribution in [2.24, 2.45) is 0 Å². The Balaban J connectivity index is 1.78. The number of esters is 1. The van der Waals surface area contributed by atoms with Gasteiger partial charge < -0.3 is 15.4 Å². The minimum Gasteiger partial charge on any atom is -0.466 e. The molecule has 0 spiro atoms. The fourth-order valence-corrected chi connectivity index (χ4v) is 4.69. The fourth-order valence-electron chi connectivity index (χ4n) is 3.44. The Hall–Kier alpha value is -1.95. The summed E-state index contributed by atoms with van der Waals surface area (Å²) in [4.78, 5) is 25.2. The van der Waals surface area contributed by atoms with Crippen LogP contribution in [0.5, 0.6) is 0 Å². The monoisotopic (exact) mass is 360 g/mol. The van der Waals surface area contributed by atoms with Gasteiger partial charge >= 0.3 is 12.0 Å². The van der Waals surface area contributed by atoms with Crippen LogP contribution in [0.2, 0.25) is 0 Å². The van der Waals surface area contributed by atoms with Gasteiger partial charge in [0.05, 0.1) is 18.7 Å². The number of allylic oxidation sites excluding steroid dienone is 1. The van der Waals surface area contributed by atoms with Gasteiger partial charge in [0, 0.05) is 15.8 Å². The molecule has 1 aromatic rings. The normalized spacial score (nSPS) is 21.5. The summed E-state index contributed by atoms with van der Waals surface area (Å²) in [6, 6.07) is 7.32. The molecule has 1 aliphatic heterocycles. The summed E-state index contributed by atoms with van der Waals surface area (Å²) in [6.45, 7) is 1.71. The van der Waals surface area contributed by atoms with Crippen molar-refractivity contribution < 1.29 is 14.3 Å². The van der Waals surface area contributed by atoms with Crippen LogP contribution < -0.4 is 10.6 Å². The highest BCUT2D eigenvalue weighted by Crippen LogP contribution is 2.35. The number of nitrogens with one attached hydrogen (secondary N) is 2. The Morgan fingerprint density at radius 1 is 1.16 bits per heavy atom. The predicted molar refractivity (Wildman–Crippen MR) is 98.3 cm³/mol. The zero-order valence-electron chi connectivity index (χ0n) is 14.6. The molecule has 1 fully saturated rings. The topological polar surface area (TPSA) is 67.4 Å². The first-order valence-electron chi connectivity index (χ1n) is 8.71. The first-order valence-corrected chi connectivity index (χ1v) is 9.59. The summed E-state index contributed by atoms with van der Waals surface area (Å²) in [5.41, 5.74) is 1.85. The van der Waals surface area contributed by atoms with Crippen LogP contribution in [0.15, 0.2) is 40.4 Å². The lowest BCUT2D eigenvalue weighted by Crippen LogP contribution is -2.45. The number of thioether (sulfide) groups is 1. The lowest BCUT2D eigenvalue weighted by Gasteiger charge is -2.28. The van der Waals surface area contributed by atoms with Crippen molar-refractivity contribution in [2.45, 2.75) is 55.2 Å². The molecule has 1 atom stereocenters. The molecule has 2 amide bonds. The average molecular weight is 360 g/mol. The minimum absolute atomic E-state index is 0.309. The highest BCUT2D eigenvalue weighted by Gasteiger charge is 2.31. The van der Waals surface area contributed by atoms with E-state index in [-0.39, 0.29) is 6.03 Å². The smallest absolute Gasteiger partial charge is 0.337 e. The average Bonchev–Trinajstić information content (AvgIpc) is 2.62. The molecule has 1 heterocycles. The summed E-state index contributed by atoms with van der Waals surface area (Å²) >= 11 is 1.93. The zero-order chi connectivity index (χ0) is 17.8. The summed E-state index contributed by atoms with van der Waals surface area (Å²) < 4.78 is 4.88. The number of hydrogen-bond donors (Lipinski definition) is 2. The number of amides is 2. The molecule has 2 N–H and O–H groups in total. The molecule has 3 rings (SSSR count). The van der Waals surface area contributed by atoms with Gasteiger partial charge in [-0.05, 0) is 37.5 Å². The van der Waals surface area contributed by atoms with Gasteiger partial charge in [-0.1, -0.05) is 31.4 Å². The number of rotatable bonds is 4. The van der Waals surface area contributed by atoms with Gasteiger partial charge in [0.25, 0.3) is 0 Å². The largest absolute Gasteiger partial charge is 0.466 e. The van der Waals surface area contributed by atoms with E-state index in [2.05, 4.69) is 22.8 Å². The number of benzene rings is 1. The molecular formula is C19H24N2O3S. The number of urea groups is 1. The van der Waals surface area contributed by atoms with E-state index in [9.17, 15) is 9.59 Å². The summed E-state index contributed by atoms with van der Waals surface area (Å²) in [6.07, 6.45) is 6.57. The van der Waals surface area contributed by atoms with Gasteiger partial charge in [0.2, 0.25) is 0 Å². The maximum absolute atomic E-state index is 12.1. The number of carbonyl (C=O) groups excluding carboxylic acids is 2. The van der Waals surface area contributed by atoms with Crippen molar-refractivity contribution in [1.82, 2.24) is 10.6 Å². The van der Waals surface area contributed by atoms with Gasteiger partial charge in [-0.15, -0.1) is 11.8 Å². The first-order chi connectivity index (χ1) is 12.1. The number of ether oxygens (including phenoxy) is 1. The molecule has 2 aliphatic rings. The number of hydrogen-bond acceptors (Lipinski definition) is 4. The molecule has 1 unspecified atom stereocenters. The van der Waals surface area contributed by atoms with Crippen molar-refractivity contribution >= 4 is 23.8 Å². The van der Waals surface area contributed by atoms with Crippen LogP contribution in [0.4, 0.5) is 4.79 Å². The molecule has 1 saturated carbocycles. The van der Waals surface area contributed by atoms with Crippen LogP contribution in [-0.4, -0.2) is 24.4 Å². The number of carbonyl (C=O) groups is 2. The van der Waals surface area contributed by atoms with Gasteiger partial charge in [-0.25, -0.2) is 9.59 Å². The lowest BCUT2D eigenvalue weighted by atomic mass is 9.96. The molecule has 25 heavy (non-hydrogen) atoms. The van der Waals surface area contributed by atoms with Gasteiger partial charge in [0.1, 0.15) is 0 Å². The van der Waals surface area contributed by atoms with E-state index in [1.165, 1.54) is 44.1 Å². The molecule has 5 nitrogen and oxygen atoms in total. The molecule has 6 heteroatoms. The van der Waals surface area contributed by atoms with E-state index in [1.54, 1.807) is 6.92 Å². The van der Waals surface area contributed by atoms with E-state index in [4.69, 9.17) is 4.74 Å². The van der Waals surface area contributed by atoms with Crippen LogP contribution in [-0.2, 0) is 9.53 Å². The second-order valence-electron chi connectivity index (χ2n) is 6.51. The second-order valence-corrected chi connectivity index (χ2v) is 7.88. The Labute approximate surface area is 152 Å². The molecule has 1 aromatic carbocycles. The van der Waals surface area contributed by atoms with Crippen LogP contribution in [0.25, 0.3) is 0 Å². The Kier molecular flexibility index (Phi) is 5.68. The Morgan fingerprint density at radius 3 is 2.48 bits per heavy atom. The fraction of sp³-hybridized carbons (Fsp3) is 0.474. The van der Waals surface area contributed by atoms with Crippen LogP contribution in [0.1, 0.15) is 50.6 Å². The van der Waals surface area contributed by atoms with Gasteiger partial charge in [-0.2, -0.15) is 0 Å². The highest BCUT2D eigenvalue weighted by atomic mass is 32.2. The first kappa shape index (κ1) is 17.9. The van der Waals surface area contributed by atoms with Crippen molar-refractivity contribution in [3.8, 4) is 0 Å². The molecular weight excluding hydrogens is 336 g/mol. The lowest BCUT2D eigenvalue weighted by molar-refractivity contribution is -0.136. The SMILES string of the molecule is COC(=O)C1=C(C)NC(=O)NC1c1ccc(SC2CCCCC2)cc1. The van der Waals surface area contributed by atoms with Crippen LogP contribution >= 0.6 is 11.8 Å². The van der Waals surface area contributed by atoms with E-state index in [1.807, 2.05) is 23.9 Å². The third-order valence-electron chi connectivity index (χ3n) is 4.74. The van der Waals surface area contributed by atoms with Crippen molar-refractivity contribution in [1.29, 1.82) is 0 Å². The Bertz CT molecular complexity index is 678.